The number of rotatable bonds is 5. The van der Waals surface area contributed by atoms with Gasteiger partial charge >= 0.3 is 6.36 Å². The van der Waals surface area contributed by atoms with Crippen LogP contribution in [0.15, 0.2) is 29.2 Å². The zero-order chi connectivity index (χ0) is 21.0. The number of hydrogen-bond acceptors (Lipinski definition) is 6. The van der Waals surface area contributed by atoms with Gasteiger partial charge in [0.2, 0.25) is 0 Å². The molecule has 29 heavy (non-hydrogen) atoms. The number of nitrogens with two attached hydrogens (primary N) is 1. The van der Waals surface area contributed by atoms with Gasteiger partial charge in [-0.15, -0.1) is 13.2 Å². The van der Waals surface area contributed by atoms with E-state index < -0.39 is 30.1 Å². The van der Waals surface area contributed by atoms with Crippen LogP contribution in [0.4, 0.5) is 13.2 Å². The molecule has 1 fully saturated rings. The molecule has 1 saturated carbocycles. The second-order valence-corrected chi connectivity index (χ2v) is 6.75. The topological polar surface area (TPSA) is 112 Å². The molecule has 0 unspecified atom stereocenters. The van der Waals surface area contributed by atoms with Gasteiger partial charge < -0.3 is 4.74 Å². The van der Waals surface area contributed by atoms with Gasteiger partial charge in [-0.1, -0.05) is 19.3 Å². The highest BCUT2D eigenvalue weighted by Crippen LogP contribution is 2.31. The lowest BCUT2D eigenvalue weighted by Gasteiger charge is -2.22. The summed E-state index contributed by atoms with van der Waals surface area (Å²) in [5.41, 5.74) is 1.64. The van der Waals surface area contributed by atoms with Crippen LogP contribution in [0.2, 0.25) is 0 Å². The van der Waals surface area contributed by atoms with Crippen molar-refractivity contribution in [2.75, 3.05) is 0 Å². The molecule has 0 aliphatic heterocycles. The minimum atomic E-state index is -4.91. The number of aromatic nitrogens is 3. The average Bonchev–Trinajstić information content (AvgIpc) is 2.70. The summed E-state index contributed by atoms with van der Waals surface area (Å²) in [6.07, 6.45) is 0.915. The predicted octanol–water partition coefficient (Wildman–Crippen LogP) is 2.24. The molecular formula is C18H20F3N5O3. The maximum atomic E-state index is 13.0. The van der Waals surface area contributed by atoms with Crippen molar-refractivity contribution in [3.05, 3.63) is 51.7 Å². The van der Waals surface area contributed by atoms with Crippen molar-refractivity contribution in [1.82, 2.24) is 20.2 Å². The number of carbonyl (C=O) groups excluding carboxylic acids is 1. The first kappa shape index (κ1) is 20.8. The number of amides is 1. The van der Waals surface area contributed by atoms with Crippen LogP contribution in [0, 0.1) is 0 Å². The predicted molar refractivity (Wildman–Crippen MR) is 96.0 cm³/mol. The smallest absolute Gasteiger partial charge is 0.404 e. The Morgan fingerprint density at radius 1 is 1.31 bits per heavy atom. The Kier molecular flexibility index (Phi) is 6.16. The second kappa shape index (κ2) is 8.60. The summed E-state index contributed by atoms with van der Waals surface area (Å²) in [5.74, 6) is 3.89. The van der Waals surface area contributed by atoms with Crippen molar-refractivity contribution in [1.29, 1.82) is 0 Å². The van der Waals surface area contributed by atoms with E-state index in [1.54, 1.807) is 0 Å². The third-order valence-corrected chi connectivity index (χ3v) is 4.78. The van der Waals surface area contributed by atoms with E-state index in [0.717, 1.165) is 42.9 Å². The maximum Gasteiger partial charge on any atom is 0.573 e. The normalized spacial score (nSPS) is 15.2. The molecule has 0 aromatic carbocycles. The van der Waals surface area contributed by atoms with Crippen LogP contribution in [-0.4, -0.2) is 27.0 Å². The number of carbonyl (C=O) groups is 1. The molecule has 0 saturated heterocycles. The molecule has 3 N–H and O–H groups in total. The van der Waals surface area contributed by atoms with Crippen molar-refractivity contribution >= 4 is 5.91 Å². The highest BCUT2D eigenvalue weighted by atomic mass is 19.4. The number of nitrogens with one attached hydrogen (secondary N) is 1. The second-order valence-electron chi connectivity index (χ2n) is 6.75. The monoisotopic (exact) mass is 411 g/mol. The van der Waals surface area contributed by atoms with Crippen molar-refractivity contribution in [3.63, 3.8) is 0 Å². The number of alkyl halides is 3. The van der Waals surface area contributed by atoms with Gasteiger partial charge in [-0.2, -0.15) is 5.10 Å². The lowest BCUT2D eigenvalue weighted by molar-refractivity contribution is -0.275. The van der Waals surface area contributed by atoms with Crippen molar-refractivity contribution < 1.29 is 22.7 Å². The fourth-order valence-corrected chi connectivity index (χ4v) is 3.46. The van der Waals surface area contributed by atoms with Gasteiger partial charge in [0.15, 0.2) is 11.4 Å². The number of nitrogen functional groups attached to an aromatic ring is 1. The Morgan fingerprint density at radius 2 is 2.03 bits per heavy atom. The summed E-state index contributed by atoms with van der Waals surface area (Å²) in [6.45, 7) is -0.392. The Labute approximate surface area is 163 Å². The van der Waals surface area contributed by atoms with Crippen LogP contribution < -0.4 is 21.6 Å². The molecule has 3 rings (SSSR count). The molecule has 2 aromatic rings. The van der Waals surface area contributed by atoms with Crippen LogP contribution in [0.1, 0.15) is 59.8 Å². The van der Waals surface area contributed by atoms with E-state index in [1.165, 1.54) is 18.3 Å². The van der Waals surface area contributed by atoms with Gasteiger partial charge in [-0.25, -0.2) is 10.5 Å². The van der Waals surface area contributed by atoms with Gasteiger partial charge in [-0.3, -0.25) is 20.0 Å². The summed E-state index contributed by atoms with van der Waals surface area (Å²) < 4.78 is 42.9. The summed E-state index contributed by atoms with van der Waals surface area (Å²) in [5, 5.41) is 3.97. The van der Waals surface area contributed by atoms with Crippen LogP contribution in [0.25, 0.3) is 0 Å². The summed E-state index contributed by atoms with van der Waals surface area (Å²) in [4.78, 5) is 28.9. The van der Waals surface area contributed by atoms with Gasteiger partial charge in [-0.05, 0) is 37.0 Å². The van der Waals surface area contributed by atoms with E-state index in [-0.39, 0.29) is 17.3 Å². The minimum Gasteiger partial charge on any atom is -0.404 e. The fraction of sp³-hybridized carbons (Fsp3) is 0.444. The van der Waals surface area contributed by atoms with Crippen LogP contribution in [-0.2, 0) is 6.54 Å². The molecule has 0 radical (unpaired) electrons. The SMILES string of the molecule is NNC(=O)c1cc(C2CCCCC2)c(=O)n(Cc2ncccc2OC(F)(F)F)n1. The number of hydrazine groups is 1. The third-order valence-electron chi connectivity index (χ3n) is 4.78. The van der Waals surface area contributed by atoms with Crippen molar-refractivity contribution in [2.45, 2.75) is 50.9 Å². The summed E-state index contributed by atoms with van der Waals surface area (Å²) in [6, 6.07) is 3.79. The lowest BCUT2D eigenvalue weighted by Crippen LogP contribution is -2.36. The Balaban J connectivity index is 2.03. The summed E-state index contributed by atoms with van der Waals surface area (Å²) in [7, 11) is 0. The van der Waals surface area contributed by atoms with Gasteiger partial charge in [0.1, 0.15) is 5.69 Å². The number of hydrogen-bond donors (Lipinski definition) is 2. The number of pyridine rings is 1. The molecule has 1 aliphatic rings. The first-order valence-corrected chi connectivity index (χ1v) is 9.11. The molecular weight excluding hydrogens is 391 g/mol. The molecule has 0 spiro atoms. The average molecular weight is 411 g/mol. The van der Waals surface area contributed by atoms with E-state index in [2.05, 4.69) is 14.8 Å². The van der Waals surface area contributed by atoms with Crippen LogP contribution in [0.5, 0.6) is 5.75 Å². The molecule has 11 heteroatoms. The van der Waals surface area contributed by atoms with E-state index in [4.69, 9.17) is 5.84 Å². The zero-order valence-corrected chi connectivity index (χ0v) is 15.4. The third kappa shape index (κ3) is 5.11. The molecule has 0 atom stereocenters. The number of ether oxygens (including phenoxy) is 1. The van der Waals surface area contributed by atoms with Crippen LogP contribution in [0.3, 0.4) is 0 Å². The van der Waals surface area contributed by atoms with E-state index in [0.29, 0.717) is 5.56 Å². The first-order chi connectivity index (χ1) is 13.8. The van der Waals surface area contributed by atoms with E-state index in [9.17, 15) is 22.8 Å². The fourth-order valence-electron chi connectivity index (χ4n) is 3.46. The zero-order valence-electron chi connectivity index (χ0n) is 15.4. The largest absolute Gasteiger partial charge is 0.573 e. The molecule has 156 valence electrons. The Morgan fingerprint density at radius 3 is 2.69 bits per heavy atom. The molecule has 1 amide bonds. The summed E-state index contributed by atoms with van der Waals surface area (Å²) >= 11 is 0. The Hall–Kier alpha value is -2.95. The minimum absolute atomic E-state index is 0.0514. The van der Waals surface area contributed by atoms with Crippen LogP contribution >= 0.6 is 0 Å². The first-order valence-electron chi connectivity index (χ1n) is 9.11. The lowest BCUT2D eigenvalue weighted by atomic mass is 9.84. The Bertz CT molecular complexity index is 939. The van der Waals surface area contributed by atoms with Gasteiger partial charge in [0, 0.05) is 11.8 Å². The van der Waals surface area contributed by atoms with Gasteiger partial charge in [0.05, 0.1) is 6.54 Å². The number of halogens is 3. The van der Waals surface area contributed by atoms with E-state index in [1.807, 2.05) is 5.43 Å². The van der Waals surface area contributed by atoms with Gasteiger partial charge in [0.25, 0.3) is 11.5 Å². The maximum absolute atomic E-state index is 13.0. The molecule has 8 nitrogen and oxygen atoms in total. The van der Waals surface area contributed by atoms with E-state index >= 15 is 0 Å². The standard InChI is InChI=1S/C18H20F3N5O3/c19-18(20,21)29-15-7-4-8-23-14(15)10-26-17(28)12(11-5-2-1-3-6-11)9-13(25-26)16(27)24-22/h4,7-9,11H,1-3,5-6,10,22H2,(H,24,27). The highest BCUT2D eigenvalue weighted by molar-refractivity contribution is 5.91. The highest BCUT2D eigenvalue weighted by Gasteiger charge is 2.32. The molecule has 2 aromatic heterocycles. The van der Waals surface area contributed by atoms with Crippen molar-refractivity contribution in [2.24, 2.45) is 5.84 Å². The molecule has 2 heterocycles. The van der Waals surface area contributed by atoms with Crippen molar-refractivity contribution in [3.8, 4) is 5.75 Å². The molecule has 0 bridgehead atoms. The number of nitrogens with zero attached hydrogens (tertiary/aromatic N) is 3. The molecule has 1 aliphatic carbocycles. The quantitative estimate of drug-likeness (QED) is 0.443.